The first-order valence-corrected chi connectivity index (χ1v) is 6.53. The van der Waals surface area contributed by atoms with Crippen LogP contribution in [0.4, 0.5) is 0 Å². The average Bonchev–Trinajstić information content (AvgIpc) is 2.95. The van der Waals surface area contributed by atoms with Crippen LogP contribution in [0.5, 0.6) is 5.88 Å². The van der Waals surface area contributed by atoms with Gasteiger partial charge in [-0.3, -0.25) is 9.69 Å². The maximum atomic E-state index is 11.2. The number of aryl methyl sites for hydroxylation is 2. The van der Waals surface area contributed by atoms with Gasteiger partial charge in [-0.1, -0.05) is 0 Å². The van der Waals surface area contributed by atoms with Crippen molar-refractivity contribution >= 4 is 5.97 Å². The molecule has 1 aliphatic heterocycles. The van der Waals surface area contributed by atoms with Gasteiger partial charge in [0.1, 0.15) is 0 Å². The molecule has 112 valence electrons. The van der Waals surface area contributed by atoms with E-state index in [-0.39, 0.29) is 12.6 Å². The summed E-state index contributed by atoms with van der Waals surface area (Å²) >= 11 is 0. The van der Waals surface area contributed by atoms with Crippen molar-refractivity contribution in [2.45, 2.75) is 19.5 Å². The molecule has 1 saturated heterocycles. The van der Waals surface area contributed by atoms with E-state index in [4.69, 9.17) is 9.47 Å². The van der Waals surface area contributed by atoms with E-state index in [2.05, 4.69) is 5.10 Å². The molecule has 1 aromatic rings. The topological polar surface area (TPSA) is 76.8 Å². The Balaban J connectivity index is 2.15. The van der Waals surface area contributed by atoms with Crippen molar-refractivity contribution in [3.8, 4) is 5.88 Å². The molecule has 0 spiro atoms. The minimum atomic E-state index is -0.811. The fraction of sp³-hybridized carbons (Fsp3) is 0.692. The van der Waals surface area contributed by atoms with E-state index >= 15 is 0 Å². The summed E-state index contributed by atoms with van der Waals surface area (Å²) in [7, 11) is 5.34. The normalized spacial score (nSPS) is 22.4. The Hall–Kier alpha value is -1.60. The van der Waals surface area contributed by atoms with Crippen LogP contribution in [0.15, 0.2) is 0 Å². The first kappa shape index (κ1) is 14.8. The maximum absolute atomic E-state index is 11.2. The van der Waals surface area contributed by atoms with Crippen LogP contribution in [0, 0.1) is 12.8 Å². The standard InChI is InChI=1S/C13H21N3O4/c1-8-9(12(19-4)16(3)14-8)5-15(2)11-7-20-6-10(11)13(17)18/h10-11H,5-7H2,1-4H3,(H,17,18). The molecule has 2 rings (SSSR count). The Morgan fingerprint density at radius 2 is 2.30 bits per heavy atom. The molecule has 2 unspecified atom stereocenters. The average molecular weight is 283 g/mol. The number of nitrogens with zero attached hydrogens (tertiary/aromatic N) is 3. The zero-order chi connectivity index (χ0) is 14.9. The van der Waals surface area contributed by atoms with E-state index in [0.717, 1.165) is 11.3 Å². The fourth-order valence-electron chi connectivity index (χ4n) is 2.70. The minimum Gasteiger partial charge on any atom is -0.481 e. The molecule has 1 N–H and O–H groups in total. The Labute approximate surface area is 118 Å². The van der Waals surface area contributed by atoms with Crippen LogP contribution in [0.25, 0.3) is 0 Å². The van der Waals surface area contributed by atoms with E-state index in [0.29, 0.717) is 19.0 Å². The number of carbonyl (C=O) groups is 1. The highest BCUT2D eigenvalue weighted by molar-refractivity contribution is 5.71. The summed E-state index contributed by atoms with van der Waals surface area (Å²) in [6.45, 7) is 3.22. The van der Waals surface area contributed by atoms with Gasteiger partial charge < -0.3 is 14.6 Å². The second kappa shape index (κ2) is 5.80. The van der Waals surface area contributed by atoms with E-state index in [1.165, 1.54) is 0 Å². The van der Waals surface area contributed by atoms with Gasteiger partial charge in [0.25, 0.3) is 0 Å². The largest absolute Gasteiger partial charge is 0.481 e. The lowest BCUT2D eigenvalue weighted by atomic mass is 10.0. The highest BCUT2D eigenvalue weighted by atomic mass is 16.5. The van der Waals surface area contributed by atoms with Crippen molar-refractivity contribution in [1.29, 1.82) is 0 Å². The Morgan fingerprint density at radius 1 is 1.60 bits per heavy atom. The summed E-state index contributed by atoms with van der Waals surface area (Å²) in [5.74, 6) is -0.586. The number of aromatic nitrogens is 2. The van der Waals surface area contributed by atoms with Crippen LogP contribution in [0.2, 0.25) is 0 Å². The second-order valence-corrected chi connectivity index (χ2v) is 5.16. The lowest BCUT2D eigenvalue weighted by Crippen LogP contribution is -2.40. The third-order valence-electron chi connectivity index (χ3n) is 3.82. The van der Waals surface area contributed by atoms with Gasteiger partial charge in [0, 0.05) is 19.6 Å². The van der Waals surface area contributed by atoms with Crippen LogP contribution < -0.4 is 4.74 Å². The minimum absolute atomic E-state index is 0.128. The van der Waals surface area contributed by atoms with Gasteiger partial charge in [-0.25, -0.2) is 4.68 Å². The quantitative estimate of drug-likeness (QED) is 0.836. The van der Waals surface area contributed by atoms with Crippen molar-refractivity contribution in [1.82, 2.24) is 14.7 Å². The van der Waals surface area contributed by atoms with Crippen LogP contribution in [-0.2, 0) is 23.1 Å². The molecule has 0 amide bonds. The lowest BCUT2D eigenvalue weighted by Gasteiger charge is -2.26. The third kappa shape index (κ3) is 2.64. The first-order valence-electron chi connectivity index (χ1n) is 6.53. The predicted molar refractivity (Wildman–Crippen MR) is 71.7 cm³/mol. The highest BCUT2D eigenvalue weighted by Crippen LogP contribution is 2.26. The lowest BCUT2D eigenvalue weighted by molar-refractivity contribution is -0.143. The SMILES string of the molecule is COc1c(CN(C)C2COCC2C(=O)O)c(C)nn1C. The molecule has 2 atom stereocenters. The highest BCUT2D eigenvalue weighted by Gasteiger charge is 2.37. The van der Waals surface area contributed by atoms with E-state index < -0.39 is 11.9 Å². The van der Waals surface area contributed by atoms with Gasteiger partial charge in [-0.15, -0.1) is 0 Å². The van der Waals surface area contributed by atoms with Gasteiger partial charge in [0.2, 0.25) is 5.88 Å². The summed E-state index contributed by atoms with van der Waals surface area (Å²) in [6.07, 6.45) is 0. The molecule has 1 aliphatic rings. The molecule has 7 nitrogen and oxygen atoms in total. The van der Waals surface area contributed by atoms with Gasteiger partial charge in [0.15, 0.2) is 0 Å². The number of carboxylic acid groups (broad SMARTS) is 1. The third-order valence-corrected chi connectivity index (χ3v) is 3.82. The molecule has 1 fully saturated rings. The molecule has 7 heteroatoms. The Morgan fingerprint density at radius 3 is 2.90 bits per heavy atom. The number of carboxylic acids is 1. The number of aliphatic carboxylic acids is 1. The first-order chi connectivity index (χ1) is 9.45. The van der Waals surface area contributed by atoms with Crippen LogP contribution in [0.3, 0.4) is 0 Å². The second-order valence-electron chi connectivity index (χ2n) is 5.16. The van der Waals surface area contributed by atoms with Crippen LogP contribution in [0.1, 0.15) is 11.3 Å². The molecule has 1 aromatic heterocycles. The molecule has 0 radical (unpaired) electrons. The molecular formula is C13H21N3O4. The van der Waals surface area contributed by atoms with Gasteiger partial charge in [-0.2, -0.15) is 5.10 Å². The molecule has 2 heterocycles. The smallest absolute Gasteiger partial charge is 0.310 e. The summed E-state index contributed by atoms with van der Waals surface area (Å²) in [5, 5.41) is 13.5. The molecule has 0 saturated carbocycles. The Bertz CT molecular complexity index is 500. The Kier molecular flexibility index (Phi) is 4.29. The predicted octanol–water partition coefficient (Wildman–Crippen LogP) is 0.269. The molecule has 20 heavy (non-hydrogen) atoms. The zero-order valence-corrected chi connectivity index (χ0v) is 12.3. The number of rotatable bonds is 5. The van der Waals surface area contributed by atoms with Crippen molar-refractivity contribution in [3.63, 3.8) is 0 Å². The number of ether oxygens (including phenoxy) is 2. The number of hydrogen-bond donors (Lipinski definition) is 1. The van der Waals surface area contributed by atoms with Crippen molar-refractivity contribution in [3.05, 3.63) is 11.3 Å². The summed E-state index contributed by atoms with van der Waals surface area (Å²) in [5.41, 5.74) is 1.87. The van der Waals surface area contributed by atoms with Gasteiger partial charge in [-0.05, 0) is 14.0 Å². The fourth-order valence-corrected chi connectivity index (χ4v) is 2.70. The molecule has 0 aromatic carbocycles. The maximum Gasteiger partial charge on any atom is 0.310 e. The van der Waals surface area contributed by atoms with Gasteiger partial charge >= 0.3 is 5.97 Å². The van der Waals surface area contributed by atoms with Crippen molar-refractivity contribution in [2.24, 2.45) is 13.0 Å². The molecule has 0 bridgehead atoms. The number of likely N-dealkylation sites (N-methyl/N-ethyl adjacent to an activating group) is 1. The van der Waals surface area contributed by atoms with E-state index in [1.807, 2.05) is 25.9 Å². The zero-order valence-electron chi connectivity index (χ0n) is 12.3. The van der Waals surface area contributed by atoms with Gasteiger partial charge in [0.05, 0.1) is 37.5 Å². The molecular weight excluding hydrogens is 262 g/mol. The van der Waals surface area contributed by atoms with Crippen LogP contribution >= 0.6 is 0 Å². The van der Waals surface area contributed by atoms with Crippen LogP contribution in [-0.4, -0.2) is 59.2 Å². The van der Waals surface area contributed by atoms with E-state index in [1.54, 1.807) is 11.8 Å². The number of methoxy groups -OCH3 is 1. The number of hydrogen-bond acceptors (Lipinski definition) is 5. The summed E-state index contributed by atoms with van der Waals surface area (Å²) in [4.78, 5) is 13.2. The van der Waals surface area contributed by atoms with Crippen molar-refractivity contribution < 1.29 is 19.4 Å². The monoisotopic (exact) mass is 283 g/mol. The summed E-state index contributed by atoms with van der Waals surface area (Å²) < 4.78 is 12.4. The van der Waals surface area contributed by atoms with Crippen molar-refractivity contribution in [2.75, 3.05) is 27.4 Å². The van der Waals surface area contributed by atoms with E-state index in [9.17, 15) is 9.90 Å². The molecule has 0 aliphatic carbocycles. The summed E-state index contributed by atoms with van der Waals surface area (Å²) in [6, 6.07) is -0.128.